The molecule has 0 N–H and O–H groups in total. The Balaban J connectivity index is 2.10. The van der Waals surface area contributed by atoms with Gasteiger partial charge in [-0.1, -0.05) is 43.2 Å². The van der Waals surface area contributed by atoms with E-state index in [0.29, 0.717) is 0 Å². The van der Waals surface area contributed by atoms with Crippen LogP contribution in [0.25, 0.3) is 0 Å². The Bertz CT molecular complexity index is 503. The fourth-order valence-corrected chi connectivity index (χ4v) is 4.57. The lowest BCUT2D eigenvalue weighted by Crippen LogP contribution is -2.44. The zero-order chi connectivity index (χ0) is 13.9. The summed E-state index contributed by atoms with van der Waals surface area (Å²) in [4.78, 5) is 0. The van der Waals surface area contributed by atoms with Crippen molar-refractivity contribution in [3.05, 3.63) is 35.9 Å². The van der Waals surface area contributed by atoms with Crippen molar-refractivity contribution >= 4 is 21.6 Å². The SMILES string of the molecule is CN(C1CCCCC1Cl)S(=O)(=O)Cc1ccccc1. The van der Waals surface area contributed by atoms with Crippen LogP contribution in [-0.4, -0.2) is 31.2 Å². The fourth-order valence-electron chi connectivity index (χ4n) is 2.57. The first-order valence-electron chi connectivity index (χ1n) is 6.64. The first kappa shape index (κ1) is 14.8. The topological polar surface area (TPSA) is 37.4 Å². The molecule has 1 aliphatic rings. The molecule has 0 saturated heterocycles. The second-order valence-electron chi connectivity index (χ2n) is 5.13. The van der Waals surface area contributed by atoms with Crippen LogP contribution >= 0.6 is 11.6 Å². The lowest BCUT2D eigenvalue weighted by molar-refractivity contribution is 0.290. The van der Waals surface area contributed by atoms with E-state index in [4.69, 9.17) is 11.6 Å². The maximum atomic E-state index is 12.4. The van der Waals surface area contributed by atoms with Crippen LogP contribution in [0.15, 0.2) is 30.3 Å². The van der Waals surface area contributed by atoms with Crippen LogP contribution in [0.3, 0.4) is 0 Å². The number of benzene rings is 1. The molecule has 1 aliphatic carbocycles. The van der Waals surface area contributed by atoms with Gasteiger partial charge in [-0.2, -0.15) is 0 Å². The molecule has 1 aromatic carbocycles. The maximum Gasteiger partial charge on any atom is 0.218 e. The van der Waals surface area contributed by atoms with E-state index < -0.39 is 10.0 Å². The Kier molecular flexibility index (Phi) is 4.87. The molecule has 0 radical (unpaired) electrons. The van der Waals surface area contributed by atoms with E-state index in [2.05, 4.69) is 0 Å². The van der Waals surface area contributed by atoms with E-state index in [1.165, 1.54) is 4.31 Å². The molecule has 1 aromatic rings. The summed E-state index contributed by atoms with van der Waals surface area (Å²) in [5.41, 5.74) is 0.816. The maximum absolute atomic E-state index is 12.4. The van der Waals surface area contributed by atoms with Gasteiger partial charge in [0.2, 0.25) is 10.0 Å². The largest absolute Gasteiger partial charge is 0.218 e. The summed E-state index contributed by atoms with van der Waals surface area (Å²) in [6.07, 6.45) is 3.91. The predicted molar refractivity (Wildman–Crippen MR) is 78.7 cm³/mol. The normalized spacial score (nSPS) is 24.6. The number of sulfonamides is 1. The van der Waals surface area contributed by atoms with E-state index in [9.17, 15) is 8.42 Å². The first-order chi connectivity index (χ1) is 9.00. The molecule has 1 saturated carbocycles. The van der Waals surface area contributed by atoms with Crippen LogP contribution in [0.2, 0.25) is 0 Å². The summed E-state index contributed by atoms with van der Waals surface area (Å²) in [5.74, 6) is 0.0461. The van der Waals surface area contributed by atoms with Gasteiger partial charge in [0.1, 0.15) is 0 Å². The second kappa shape index (κ2) is 6.25. The average molecular weight is 302 g/mol. The van der Waals surface area contributed by atoms with Crippen LogP contribution in [-0.2, 0) is 15.8 Å². The fraction of sp³-hybridized carbons (Fsp3) is 0.571. The minimum atomic E-state index is -3.30. The van der Waals surface area contributed by atoms with Gasteiger partial charge in [0.25, 0.3) is 0 Å². The lowest BCUT2D eigenvalue weighted by atomic mass is 9.95. The average Bonchev–Trinajstić information content (AvgIpc) is 2.39. The number of rotatable bonds is 4. The Hall–Kier alpha value is -0.580. The molecule has 3 nitrogen and oxygen atoms in total. The van der Waals surface area contributed by atoms with E-state index in [1.807, 2.05) is 30.3 Å². The Morgan fingerprint density at radius 1 is 1.21 bits per heavy atom. The van der Waals surface area contributed by atoms with Gasteiger partial charge in [0, 0.05) is 13.1 Å². The van der Waals surface area contributed by atoms with Crippen LogP contribution < -0.4 is 0 Å². The minimum Gasteiger partial charge on any atom is -0.212 e. The van der Waals surface area contributed by atoms with Crippen molar-refractivity contribution < 1.29 is 8.42 Å². The molecular weight excluding hydrogens is 282 g/mol. The van der Waals surface area contributed by atoms with Gasteiger partial charge in [-0.05, 0) is 18.4 Å². The molecule has 19 heavy (non-hydrogen) atoms. The molecule has 2 atom stereocenters. The number of halogens is 1. The van der Waals surface area contributed by atoms with Gasteiger partial charge in [-0.15, -0.1) is 11.6 Å². The monoisotopic (exact) mass is 301 g/mol. The van der Waals surface area contributed by atoms with Gasteiger partial charge in [-0.25, -0.2) is 12.7 Å². The predicted octanol–water partition coefficient (Wildman–Crippen LogP) is 3.00. The third kappa shape index (κ3) is 3.71. The van der Waals surface area contributed by atoms with E-state index >= 15 is 0 Å². The number of alkyl halides is 1. The van der Waals surface area contributed by atoms with E-state index in [-0.39, 0.29) is 17.2 Å². The number of hydrogen-bond acceptors (Lipinski definition) is 2. The van der Waals surface area contributed by atoms with Crippen molar-refractivity contribution in [2.24, 2.45) is 0 Å². The van der Waals surface area contributed by atoms with Crippen molar-refractivity contribution in [1.82, 2.24) is 4.31 Å². The molecule has 0 aromatic heterocycles. The molecule has 0 aliphatic heterocycles. The summed E-state index contributed by atoms with van der Waals surface area (Å²) in [5, 5.41) is -0.0655. The summed E-state index contributed by atoms with van der Waals surface area (Å²) < 4.78 is 26.3. The molecule has 106 valence electrons. The molecule has 2 unspecified atom stereocenters. The zero-order valence-electron chi connectivity index (χ0n) is 11.1. The van der Waals surface area contributed by atoms with Crippen LogP contribution in [0.1, 0.15) is 31.2 Å². The van der Waals surface area contributed by atoms with Gasteiger partial charge in [0.15, 0.2) is 0 Å². The standard InChI is InChI=1S/C14H20ClNO2S/c1-16(14-10-6-5-9-13(14)15)19(17,18)11-12-7-3-2-4-8-12/h2-4,7-8,13-14H,5-6,9-11H2,1H3. The highest BCUT2D eigenvalue weighted by Gasteiger charge is 2.33. The Morgan fingerprint density at radius 3 is 2.47 bits per heavy atom. The van der Waals surface area contributed by atoms with Crippen molar-refractivity contribution in [1.29, 1.82) is 0 Å². The third-order valence-corrected chi connectivity index (χ3v) is 6.10. The molecule has 5 heteroatoms. The molecular formula is C14H20ClNO2S. The van der Waals surface area contributed by atoms with Crippen LogP contribution in [0.4, 0.5) is 0 Å². The van der Waals surface area contributed by atoms with Crippen molar-refractivity contribution in [2.45, 2.75) is 42.9 Å². The molecule has 0 heterocycles. The summed E-state index contributed by atoms with van der Waals surface area (Å²) in [6.45, 7) is 0. The van der Waals surface area contributed by atoms with E-state index in [0.717, 1.165) is 31.2 Å². The van der Waals surface area contributed by atoms with Crippen molar-refractivity contribution in [2.75, 3.05) is 7.05 Å². The van der Waals surface area contributed by atoms with Gasteiger partial charge < -0.3 is 0 Å². The van der Waals surface area contributed by atoms with Gasteiger partial charge >= 0.3 is 0 Å². The first-order valence-corrected chi connectivity index (χ1v) is 8.69. The molecule has 2 rings (SSSR count). The summed E-state index contributed by atoms with van der Waals surface area (Å²) in [7, 11) is -1.64. The Labute approximate surface area is 120 Å². The minimum absolute atomic E-state index is 0.0461. The third-order valence-electron chi connectivity index (χ3n) is 3.75. The zero-order valence-corrected chi connectivity index (χ0v) is 12.7. The Morgan fingerprint density at radius 2 is 1.84 bits per heavy atom. The highest BCUT2D eigenvalue weighted by molar-refractivity contribution is 7.88. The van der Waals surface area contributed by atoms with Crippen molar-refractivity contribution in [3.8, 4) is 0 Å². The summed E-state index contributed by atoms with van der Waals surface area (Å²) >= 11 is 6.28. The molecule has 1 fully saturated rings. The summed E-state index contributed by atoms with van der Waals surface area (Å²) in [6, 6.07) is 9.21. The van der Waals surface area contributed by atoms with Crippen LogP contribution in [0.5, 0.6) is 0 Å². The molecule has 0 bridgehead atoms. The van der Waals surface area contributed by atoms with Gasteiger partial charge in [-0.3, -0.25) is 0 Å². The molecule has 0 amide bonds. The van der Waals surface area contributed by atoms with Crippen molar-refractivity contribution in [3.63, 3.8) is 0 Å². The smallest absolute Gasteiger partial charge is 0.212 e. The lowest BCUT2D eigenvalue weighted by Gasteiger charge is -2.34. The second-order valence-corrected chi connectivity index (χ2v) is 7.71. The quantitative estimate of drug-likeness (QED) is 0.802. The highest BCUT2D eigenvalue weighted by atomic mass is 35.5. The number of hydrogen-bond donors (Lipinski definition) is 0. The van der Waals surface area contributed by atoms with Gasteiger partial charge in [0.05, 0.1) is 11.1 Å². The number of nitrogens with zero attached hydrogens (tertiary/aromatic N) is 1. The van der Waals surface area contributed by atoms with E-state index in [1.54, 1.807) is 7.05 Å². The molecule has 0 spiro atoms. The highest BCUT2D eigenvalue weighted by Crippen LogP contribution is 2.28. The van der Waals surface area contributed by atoms with Crippen LogP contribution in [0, 0.1) is 0 Å².